The van der Waals surface area contributed by atoms with Crippen LogP contribution in [0.4, 0.5) is 0 Å². The predicted octanol–water partition coefficient (Wildman–Crippen LogP) is 3.94. The molecule has 0 amide bonds. The molecule has 2 aromatic carbocycles. The van der Waals surface area contributed by atoms with Crippen LogP contribution in [0.15, 0.2) is 60.9 Å². The zero-order valence-corrected chi connectivity index (χ0v) is 14.0. The van der Waals surface area contributed by atoms with E-state index in [1.165, 1.54) is 0 Å². The number of benzene rings is 2. The third-order valence-electron chi connectivity index (χ3n) is 3.83. The van der Waals surface area contributed by atoms with Gasteiger partial charge in [0.1, 0.15) is 17.8 Å². The standard InChI is InChI=1S/C19H22N4O/c1-3-23-14-21-19(22-23)13-20-15(2)17-11-7-8-12-18(17)24-16-9-5-4-6-10-16/h4-12,14-15,20H,3,13H2,1-2H3. The maximum Gasteiger partial charge on any atom is 0.164 e. The Labute approximate surface area is 142 Å². The quantitative estimate of drug-likeness (QED) is 0.716. The summed E-state index contributed by atoms with van der Waals surface area (Å²) in [6.45, 7) is 5.61. The van der Waals surface area contributed by atoms with E-state index in [0.29, 0.717) is 6.54 Å². The number of ether oxygens (including phenoxy) is 1. The van der Waals surface area contributed by atoms with Gasteiger partial charge in [-0.15, -0.1) is 0 Å². The van der Waals surface area contributed by atoms with Crippen molar-refractivity contribution in [2.45, 2.75) is 33.0 Å². The van der Waals surface area contributed by atoms with E-state index in [4.69, 9.17) is 4.74 Å². The maximum atomic E-state index is 6.03. The average Bonchev–Trinajstić information content (AvgIpc) is 3.09. The van der Waals surface area contributed by atoms with E-state index in [-0.39, 0.29) is 6.04 Å². The fourth-order valence-corrected chi connectivity index (χ4v) is 2.47. The molecule has 1 heterocycles. The minimum Gasteiger partial charge on any atom is -0.457 e. The van der Waals surface area contributed by atoms with E-state index in [1.54, 1.807) is 6.33 Å². The number of rotatable bonds is 7. The van der Waals surface area contributed by atoms with Crippen LogP contribution in [0.3, 0.4) is 0 Å². The Morgan fingerprint density at radius 3 is 2.58 bits per heavy atom. The van der Waals surface area contributed by atoms with Crippen LogP contribution < -0.4 is 10.1 Å². The average molecular weight is 322 g/mol. The topological polar surface area (TPSA) is 52.0 Å². The lowest BCUT2D eigenvalue weighted by Gasteiger charge is -2.17. The molecule has 0 aliphatic rings. The van der Waals surface area contributed by atoms with Crippen molar-refractivity contribution in [1.82, 2.24) is 20.1 Å². The molecule has 1 N–H and O–H groups in total. The molecule has 0 saturated heterocycles. The first-order chi connectivity index (χ1) is 11.8. The first-order valence-electron chi connectivity index (χ1n) is 8.20. The van der Waals surface area contributed by atoms with Gasteiger partial charge >= 0.3 is 0 Å². The molecule has 0 bridgehead atoms. The van der Waals surface area contributed by atoms with Crippen LogP contribution in [0.2, 0.25) is 0 Å². The first kappa shape index (κ1) is 16.2. The van der Waals surface area contributed by atoms with Crippen LogP contribution in [0.25, 0.3) is 0 Å². The van der Waals surface area contributed by atoms with Crippen LogP contribution >= 0.6 is 0 Å². The minimum absolute atomic E-state index is 0.124. The molecule has 3 aromatic rings. The highest BCUT2D eigenvalue weighted by Gasteiger charge is 2.12. The monoisotopic (exact) mass is 322 g/mol. The Bertz CT molecular complexity index is 770. The van der Waals surface area contributed by atoms with Gasteiger partial charge < -0.3 is 10.1 Å². The molecule has 0 saturated carbocycles. The minimum atomic E-state index is 0.124. The fraction of sp³-hybridized carbons (Fsp3) is 0.263. The molecule has 0 aliphatic heterocycles. The van der Waals surface area contributed by atoms with Crippen molar-refractivity contribution in [3.63, 3.8) is 0 Å². The maximum absolute atomic E-state index is 6.03. The molecule has 124 valence electrons. The summed E-state index contributed by atoms with van der Waals surface area (Å²) in [5.74, 6) is 2.49. The Hall–Kier alpha value is -2.66. The van der Waals surface area contributed by atoms with Gasteiger partial charge in [0.25, 0.3) is 0 Å². The van der Waals surface area contributed by atoms with Gasteiger partial charge in [-0.2, -0.15) is 5.10 Å². The van der Waals surface area contributed by atoms with Crippen molar-refractivity contribution in [2.24, 2.45) is 0 Å². The van der Waals surface area contributed by atoms with Crippen LogP contribution in [0, 0.1) is 0 Å². The lowest BCUT2D eigenvalue weighted by Crippen LogP contribution is -2.19. The van der Waals surface area contributed by atoms with Crippen LogP contribution in [-0.2, 0) is 13.1 Å². The van der Waals surface area contributed by atoms with Gasteiger partial charge in [-0.25, -0.2) is 4.98 Å². The van der Waals surface area contributed by atoms with E-state index < -0.39 is 0 Å². The zero-order valence-electron chi connectivity index (χ0n) is 14.0. The molecule has 1 unspecified atom stereocenters. The van der Waals surface area contributed by atoms with E-state index in [1.807, 2.05) is 60.1 Å². The molecular formula is C19H22N4O. The highest BCUT2D eigenvalue weighted by Crippen LogP contribution is 2.29. The van der Waals surface area contributed by atoms with Gasteiger partial charge in [-0.3, -0.25) is 4.68 Å². The van der Waals surface area contributed by atoms with Crippen molar-refractivity contribution < 1.29 is 4.74 Å². The van der Waals surface area contributed by atoms with E-state index in [0.717, 1.165) is 29.4 Å². The van der Waals surface area contributed by atoms with Gasteiger partial charge in [0.05, 0.1) is 6.54 Å². The Kier molecular flexibility index (Phi) is 5.23. The molecular weight excluding hydrogens is 300 g/mol. The molecule has 0 radical (unpaired) electrons. The molecule has 24 heavy (non-hydrogen) atoms. The van der Waals surface area contributed by atoms with Gasteiger partial charge in [0, 0.05) is 18.2 Å². The third-order valence-corrected chi connectivity index (χ3v) is 3.83. The highest BCUT2D eigenvalue weighted by atomic mass is 16.5. The number of hydrogen-bond donors (Lipinski definition) is 1. The Balaban J connectivity index is 1.69. The smallest absolute Gasteiger partial charge is 0.164 e. The van der Waals surface area contributed by atoms with E-state index in [9.17, 15) is 0 Å². The van der Waals surface area contributed by atoms with Gasteiger partial charge in [-0.1, -0.05) is 36.4 Å². The van der Waals surface area contributed by atoms with Crippen molar-refractivity contribution in [2.75, 3.05) is 0 Å². The third kappa shape index (κ3) is 4.00. The number of nitrogens with zero attached hydrogens (tertiary/aromatic N) is 3. The second-order valence-corrected chi connectivity index (χ2v) is 5.57. The van der Waals surface area contributed by atoms with Crippen LogP contribution in [0.1, 0.15) is 31.3 Å². The number of nitrogens with one attached hydrogen (secondary N) is 1. The van der Waals surface area contributed by atoms with Gasteiger partial charge in [0.2, 0.25) is 0 Å². The molecule has 0 fully saturated rings. The summed E-state index contributed by atoms with van der Waals surface area (Å²) in [4.78, 5) is 4.30. The molecule has 1 atom stereocenters. The normalized spacial score (nSPS) is 12.1. The lowest BCUT2D eigenvalue weighted by atomic mass is 10.1. The molecule has 1 aromatic heterocycles. The second kappa shape index (κ2) is 7.75. The zero-order chi connectivity index (χ0) is 16.8. The van der Waals surface area contributed by atoms with Crippen LogP contribution in [-0.4, -0.2) is 14.8 Å². The molecule has 0 aliphatic carbocycles. The summed E-state index contributed by atoms with van der Waals surface area (Å²) < 4.78 is 7.86. The number of aromatic nitrogens is 3. The van der Waals surface area contributed by atoms with Crippen molar-refractivity contribution >= 4 is 0 Å². The summed E-state index contributed by atoms with van der Waals surface area (Å²) in [7, 11) is 0. The van der Waals surface area contributed by atoms with Gasteiger partial charge in [-0.05, 0) is 32.0 Å². The largest absolute Gasteiger partial charge is 0.457 e. The van der Waals surface area contributed by atoms with Crippen LogP contribution in [0.5, 0.6) is 11.5 Å². The molecule has 0 spiro atoms. The Morgan fingerprint density at radius 1 is 1.08 bits per heavy atom. The number of hydrogen-bond acceptors (Lipinski definition) is 4. The first-order valence-corrected chi connectivity index (χ1v) is 8.20. The fourth-order valence-electron chi connectivity index (χ4n) is 2.47. The van der Waals surface area contributed by atoms with E-state index in [2.05, 4.69) is 28.4 Å². The number of aryl methyl sites for hydroxylation is 1. The predicted molar refractivity (Wildman–Crippen MR) is 93.9 cm³/mol. The van der Waals surface area contributed by atoms with E-state index >= 15 is 0 Å². The highest BCUT2D eigenvalue weighted by molar-refractivity contribution is 5.39. The summed E-state index contributed by atoms with van der Waals surface area (Å²) in [6, 6.07) is 18.0. The summed E-state index contributed by atoms with van der Waals surface area (Å²) in [6.07, 6.45) is 1.76. The molecule has 3 rings (SSSR count). The lowest BCUT2D eigenvalue weighted by molar-refractivity contribution is 0.459. The summed E-state index contributed by atoms with van der Waals surface area (Å²) in [5, 5.41) is 7.86. The second-order valence-electron chi connectivity index (χ2n) is 5.57. The van der Waals surface area contributed by atoms with Crippen molar-refractivity contribution in [1.29, 1.82) is 0 Å². The summed E-state index contributed by atoms with van der Waals surface area (Å²) in [5.41, 5.74) is 1.11. The number of para-hydroxylation sites is 2. The Morgan fingerprint density at radius 2 is 1.83 bits per heavy atom. The van der Waals surface area contributed by atoms with Gasteiger partial charge in [0.15, 0.2) is 5.82 Å². The summed E-state index contributed by atoms with van der Waals surface area (Å²) >= 11 is 0. The molecule has 5 nitrogen and oxygen atoms in total. The van der Waals surface area contributed by atoms with Crippen molar-refractivity contribution in [3.8, 4) is 11.5 Å². The SMILES string of the molecule is CCn1cnc(CNC(C)c2ccccc2Oc2ccccc2)n1. The molecule has 5 heteroatoms. The van der Waals surface area contributed by atoms with Crippen molar-refractivity contribution in [3.05, 3.63) is 72.3 Å².